The fraction of sp³-hybridized carbons (Fsp3) is 0.417. The maximum atomic E-state index is 12.8. The van der Waals surface area contributed by atoms with Crippen LogP contribution in [0.1, 0.15) is 38.7 Å². The molecule has 2 amide bonds. The molecule has 0 saturated carbocycles. The molecule has 0 aliphatic heterocycles. The van der Waals surface area contributed by atoms with Crippen molar-refractivity contribution in [2.75, 3.05) is 18.8 Å². The topological polar surface area (TPSA) is 58.6 Å². The second kappa shape index (κ2) is 13.7. The van der Waals surface area contributed by atoms with Gasteiger partial charge in [-0.25, -0.2) is 4.79 Å². The van der Waals surface area contributed by atoms with E-state index in [0.717, 1.165) is 36.4 Å². The number of nitrogens with one attached hydrogen (secondary N) is 1. The molecule has 6 heteroatoms. The first kappa shape index (κ1) is 23.8. The van der Waals surface area contributed by atoms with Gasteiger partial charge in [-0.3, -0.25) is 4.79 Å². The molecule has 2 rings (SSSR count). The van der Waals surface area contributed by atoms with Crippen molar-refractivity contribution in [3.05, 3.63) is 66.2 Å². The Bertz CT molecular complexity index is 750. The zero-order valence-corrected chi connectivity index (χ0v) is 18.7. The predicted octanol–water partition coefficient (Wildman–Crippen LogP) is 5.11. The highest BCUT2D eigenvalue weighted by atomic mass is 32.2. The van der Waals surface area contributed by atoms with Gasteiger partial charge in [0.1, 0.15) is 6.61 Å². The van der Waals surface area contributed by atoms with E-state index in [2.05, 4.69) is 19.2 Å². The second-order valence-electron chi connectivity index (χ2n) is 7.11. The number of hydrogen-bond acceptors (Lipinski definition) is 4. The summed E-state index contributed by atoms with van der Waals surface area (Å²) in [6.07, 6.45) is 1.60. The average molecular weight is 429 g/mol. The van der Waals surface area contributed by atoms with Gasteiger partial charge in [0, 0.05) is 30.2 Å². The molecule has 0 aromatic heterocycles. The molecular formula is C24H32N2O3S. The standard InChI is InChI=1S/C24H32N2O3S/c1-3-15-26(16-4-2)23(27)17-21(19-30-22-13-9-6-10-14-22)25-24(28)29-18-20-11-7-5-8-12-20/h5-14,21H,3-4,15-19H2,1-2H3,(H,25,28)/t21-/m1/s1. The summed E-state index contributed by atoms with van der Waals surface area (Å²) in [4.78, 5) is 28.2. The van der Waals surface area contributed by atoms with Gasteiger partial charge < -0.3 is 15.0 Å². The van der Waals surface area contributed by atoms with Gasteiger partial charge in [-0.2, -0.15) is 0 Å². The van der Waals surface area contributed by atoms with Gasteiger partial charge >= 0.3 is 6.09 Å². The summed E-state index contributed by atoms with van der Waals surface area (Å²) in [6, 6.07) is 19.2. The van der Waals surface area contributed by atoms with E-state index in [1.165, 1.54) is 0 Å². The molecule has 0 fully saturated rings. The van der Waals surface area contributed by atoms with Crippen molar-refractivity contribution in [1.29, 1.82) is 0 Å². The third-order valence-electron chi connectivity index (χ3n) is 4.49. The predicted molar refractivity (Wildman–Crippen MR) is 122 cm³/mol. The van der Waals surface area contributed by atoms with Crippen LogP contribution in [0.2, 0.25) is 0 Å². The summed E-state index contributed by atoms with van der Waals surface area (Å²) in [7, 11) is 0. The highest BCUT2D eigenvalue weighted by Gasteiger charge is 2.21. The fourth-order valence-corrected chi connectivity index (χ4v) is 3.98. The molecule has 0 radical (unpaired) electrons. The summed E-state index contributed by atoms with van der Waals surface area (Å²) in [5.41, 5.74) is 0.927. The number of hydrogen-bond donors (Lipinski definition) is 1. The number of rotatable bonds is 12. The number of benzene rings is 2. The van der Waals surface area contributed by atoms with Gasteiger partial charge in [-0.15, -0.1) is 11.8 Å². The van der Waals surface area contributed by atoms with E-state index in [4.69, 9.17) is 4.74 Å². The van der Waals surface area contributed by atoms with Gasteiger partial charge in [0.05, 0.1) is 6.04 Å². The minimum atomic E-state index is -0.497. The largest absolute Gasteiger partial charge is 0.445 e. The van der Waals surface area contributed by atoms with Crippen molar-refractivity contribution in [2.24, 2.45) is 0 Å². The van der Waals surface area contributed by atoms with Crippen LogP contribution in [0.3, 0.4) is 0 Å². The summed E-state index contributed by atoms with van der Waals surface area (Å²) in [5.74, 6) is 0.670. The van der Waals surface area contributed by atoms with Gasteiger partial charge in [0.15, 0.2) is 0 Å². The highest BCUT2D eigenvalue weighted by Crippen LogP contribution is 2.19. The number of carbonyl (C=O) groups is 2. The van der Waals surface area contributed by atoms with Gasteiger partial charge in [-0.05, 0) is 30.5 Å². The maximum Gasteiger partial charge on any atom is 0.407 e. The van der Waals surface area contributed by atoms with Crippen LogP contribution in [0.4, 0.5) is 4.79 Å². The first-order valence-electron chi connectivity index (χ1n) is 10.5. The van der Waals surface area contributed by atoms with Crippen molar-refractivity contribution in [1.82, 2.24) is 10.2 Å². The van der Waals surface area contributed by atoms with Crippen LogP contribution < -0.4 is 5.32 Å². The first-order valence-corrected chi connectivity index (χ1v) is 11.5. The molecule has 2 aromatic carbocycles. The van der Waals surface area contributed by atoms with Crippen LogP contribution in [0.5, 0.6) is 0 Å². The number of alkyl carbamates (subject to hydrolysis) is 1. The lowest BCUT2D eigenvalue weighted by Crippen LogP contribution is -2.42. The maximum absolute atomic E-state index is 12.8. The van der Waals surface area contributed by atoms with E-state index in [9.17, 15) is 9.59 Å². The highest BCUT2D eigenvalue weighted by molar-refractivity contribution is 7.99. The van der Waals surface area contributed by atoms with E-state index in [1.54, 1.807) is 11.8 Å². The smallest absolute Gasteiger partial charge is 0.407 e. The van der Waals surface area contributed by atoms with E-state index >= 15 is 0 Å². The van der Waals surface area contributed by atoms with Crippen LogP contribution in [-0.4, -0.2) is 41.8 Å². The van der Waals surface area contributed by atoms with E-state index in [-0.39, 0.29) is 25.0 Å². The lowest BCUT2D eigenvalue weighted by Gasteiger charge is -2.25. The molecule has 2 aromatic rings. The molecular weight excluding hydrogens is 396 g/mol. The van der Waals surface area contributed by atoms with Gasteiger partial charge in [0.25, 0.3) is 0 Å². The third-order valence-corrected chi connectivity index (χ3v) is 5.66. The number of carbonyl (C=O) groups excluding carboxylic acids is 2. The number of ether oxygens (including phenoxy) is 1. The Hall–Kier alpha value is -2.47. The van der Waals surface area contributed by atoms with Crippen molar-refractivity contribution < 1.29 is 14.3 Å². The van der Waals surface area contributed by atoms with Crippen LogP contribution in [0.15, 0.2) is 65.6 Å². The molecule has 1 atom stereocenters. The second-order valence-corrected chi connectivity index (χ2v) is 8.21. The zero-order valence-electron chi connectivity index (χ0n) is 17.9. The minimum Gasteiger partial charge on any atom is -0.445 e. The monoisotopic (exact) mass is 428 g/mol. The van der Waals surface area contributed by atoms with Gasteiger partial charge in [-0.1, -0.05) is 62.4 Å². The van der Waals surface area contributed by atoms with Crippen molar-refractivity contribution in [2.45, 2.75) is 50.7 Å². The zero-order chi connectivity index (χ0) is 21.6. The lowest BCUT2D eigenvalue weighted by molar-refractivity contribution is -0.131. The summed E-state index contributed by atoms with van der Waals surface area (Å²) < 4.78 is 5.36. The Morgan fingerprint density at radius 3 is 2.17 bits per heavy atom. The molecule has 0 bridgehead atoms. The Labute approximate surface area is 184 Å². The lowest BCUT2D eigenvalue weighted by atomic mass is 10.2. The van der Waals surface area contributed by atoms with Gasteiger partial charge in [0.2, 0.25) is 5.91 Å². The average Bonchev–Trinajstić information content (AvgIpc) is 2.77. The molecule has 162 valence electrons. The molecule has 0 unspecified atom stereocenters. The Morgan fingerprint density at radius 2 is 1.57 bits per heavy atom. The summed E-state index contributed by atoms with van der Waals surface area (Å²) in [5, 5.41) is 2.90. The van der Waals surface area contributed by atoms with E-state index < -0.39 is 6.09 Å². The Balaban J connectivity index is 1.96. The van der Waals surface area contributed by atoms with Crippen LogP contribution in [-0.2, 0) is 16.1 Å². The SMILES string of the molecule is CCCN(CCC)C(=O)C[C@H](CSc1ccccc1)NC(=O)OCc1ccccc1. The van der Waals surface area contributed by atoms with Crippen LogP contribution in [0, 0.1) is 0 Å². The summed E-state index contributed by atoms with van der Waals surface area (Å²) in [6.45, 7) is 5.82. The molecule has 0 saturated heterocycles. The molecule has 0 spiro atoms. The molecule has 1 N–H and O–H groups in total. The molecule has 0 aliphatic rings. The molecule has 30 heavy (non-hydrogen) atoms. The van der Waals surface area contributed by atoms with Crippen molar-refractivity contribution >= 4 is 23.8 Å². The number of amides is 2. The summed E-state index contributed by atoms with van der Waals surface area (Å²) >= 11 is 1.62. The quantitative estimate of drug-likeness (QED) is 0.477. The number of nitrogens with zero attached hydrogens (tertiary/aromatic N) is 1. The Kier molecular flexibility index (Phi) is 10.9. The van der Waals surface area contributed by atoms with Crippen molar-refractivity contribution in [3.63, 3.8) is 0 Å². The van der Waals surface area contributed by atoms with Crippen LogP contribution >= 0.6 is 11.8 Å². The third kappa shape index (κ3) is 8.91. The Morgan fingerprint density at radius 1 is 0.967 bits per heavy atom. The molecule has 0 aliphatic carbocycles. The van der Waals surface area contributed by atoms with Crippen molar-refractivity contribution in [3.8, 4) is 0 Å². The molecule has 0 heterocycles. The minimum absolute atomic E-state index is 0.0701. The first-order chi connectivity index (χ1) is 14.6. The fourth-order valence-electron chi connectivity index (χ4n) is 3.04. The van der Waals surface area contributed by atoms with E-state index in [0.29, 0.717) is 5.75 Å². The molecule has 5 nitrogen and oxygen atoms in total. The normalized spacial score (nSPS) is 11.5. The van der Waals surface area contributed by atoms with Crippen LogP contribution in [0.25, 0.3) is 0 Å². The number of thioether (sulfide) groups is 1. The van der Waals surface area contributed by atoms with E-state index in [1.807, 2.05) is 65.6 Å².